The van der Waals surface area contributed by atoms with E-state index in [2.05, 4.69) is 5.32 Å². The minimum absolute atomic E-state index is 0.211. The number of carbonyl (C=O) groups is 2. The van der Waals surface area contributed by atoms with Gasteiger partial charge in [0.25, 0.3) is 12.4 Å². The topological polar surface area (TPSA) is 109 Å². The largest absolute Gasteiger partial charge is 0.493 e. The number of amides is 1. The molecule has 1 amide bonds. The van der Waals surface area contributed by atoms with E-state index < -0.39 is 12.0 Å². The lowest BCUT2D eigenvalue weighted by molar-refractivity contribution is -0.142. The Balaban J connectivity index is 2.33. The maximum absolute atomic E-state index is 12.6. The first-order valence-electron chi connectivity index (χ1n) is 7.59. The van der Waals surface area contributed by atoms with Crippen molar-refractivity contribution in [2.45, 2.75) is 6.10 Å². The van der Waals surface area contributed by atoms with Crippen LogP contribution in [0.5, 0.6) is 17.2 Å². The number of rotatable bonds is 8. The third kappa shape index (κ3) is 4.15. The van der Waals surface area contributed by atoms with Crippen molar-refractivity contribution in [3.63, 3.8) is 0 Å². The zero-order valence-electron chi connectivity index (χ0n) is 14.6. The second-order valence-electron chi connectivity index (χ2n) is 5.19. The van der Waals surface area contributed by atoms with Gasteiger partial charge in [0.05, 0.1) is 21.3 Å². The first kappa shape index (κ1) is 18.9. The fourth-order valence-corrected chi connectivity index (χ4v) is 2.43. The van der Waals surface area contributed by atoms with Crippen LogP contribution >= 0.6 is 0 Å². The van der Waals surface area contributed by atoms with Crippen LogP contribution in [-0.2, 0) is 14.3 Å². The molecule has 26 heavy (non-hydrogen) atoms. The fraction of sp³-hybridized carbons (Fsp3) is 0.222. The van der Waals surface area contributed by atoms with Gasteiger partial charge < -0.3 is 30.0 Å². The smallest absolute Gasteiger partial charge is 0.294 e. The minimum atomic E-state index is -1.16. The zero-order valence-corrected chi connectivity index (χ0v) is 14.6. The van der Waals surface area contributed by atoms with Crippen LogP contribution in [0.3, 0.4) is 0 Å². The molecule has 1 atom stereocenters. The molecule has 0 aliphatic rings. The van der Waals surface area contributed by atoms with Gasteiger partial charge in [0.1, 0.15) is 0 Å². The van der Waals surface area contributed by atoms with E-state index in [1.807, 2.05) is 0 Å². The Labute approximate surface area is 150 Å². The van der Waals surface area contributed by atoms with Gasteiger partial charge in [0.15, 0.2) is 11.5 Å². The van der Waals surface area contributed by atoms with E-state index in [-0.39, 0.29) is 6.47 Å². The number of nitrogens with one attached hydrogen (secondary N) is 1. The van der Waals surface area contributed by atoms with Gasteiger partial charge in [-0.15, -0.1) is 0 Å². The van der Waals surface area contributed by atoms with E-state index in [4.69, 9.17) is 24.7 Å². The van der Waals surface area contributed by atoms with Crippen LogP contribution in [0.15, 0.2) is 36.4 Å². The Bertz CT molecular complexity index is 768. The summed E-state index contributed by atoms with van der Waals surface area (Å²) in [6.07, 6.45) is -1.16. The highest BCUT2D eigenvalue weighted by Gasteiger charge is 2.23. The molecule has 0 fully saturated rings. The highest BCUT2D eigenvalue weighted by molar-refractivity contribution is 5.96. The molecule has 8 nitrogen and oxygen atoms in total. The average molecular weight is 360 g/mol. The molecule has 2 aromatic carbocycles. The summed E-state index contributed by atoms with van der Waals surface area (Å²) < 4.78 is 20.7. The summed E-state index contributed by atoms with van der Waals surface area (Å²) in [5.41, 5.74) is 7.01. The quantitative estimate of drug-likeness (QED) is 0.548. The summed E-state index contributed by atoms with van der Waals surface area (Å²) in [7, 11) is 4.41. The molecule has 8 heteroatoms. The normalized spacial score (nSPS) is 11.2. The van der Waals surface area contributed by atoms with Crippen molar-refractivity contribution >= 4 is 23.8 Å². The van der Waals surface area contributed by atoms with Crippen LogP contribution in [0.2, 0.25) is 0 Å². The second kappa shape index (κ2) is 8.61. The van der Waals surface area contributed by atoms with Crippen LogP contribution in [0.25, 0.3) is 0 Å². The van der Waals surface area contributed by atoms with Crippen molar-refractivity contribution in [2.75, 3.05) is 32.4 Å². The third-order valence-corrected chi connectivity index (χ3v) is 3.58. The average Bonchev–Trinajstić information content (AvgIpc) is 2.64. The van der Waals surface area contributed by atoms with Crippen LogP contribution in [-0.4, -0.2) is 33.7 Å². The van der Waals surface area contributed by atoms with Crippen molar-refractivity contribution in [3.05, 3.63) is 42.0 Å². The summed E-state index contributed by atoms with van der Waals surface area (Å²) in [5, 5.41) is 2.67. The first-order valence-corrected chi connectivity index (χ1v) is 7.59. The fourth-order valence-electron chi connectivity index (χ4n) is 2.43. The molecule has 0 aliphatic carbocycles. The molecule has 0 heterocycles. The molecule has 138 valence electrons. The number of anilines is 2. The van der Waals surface area contributed by atoms with E-state index in [0.717, 1.165) is 0 Å². The molecule has 1 unspecified atom stereocenters. The SMILES string of the molecule is COc1cc(NC(=O)C(OC=O)c2cccc(N)c2)cc(OC)c1OC. The minimum Gasteiger partial charge on any atom is -0.493 e. The molecule has 0 bridgehead atoms. The van der Waals surface area contributed by atoms with Crippen molar-refractivity contribution < 1.29 is 28.5 Å². The lowest BCUT2D eigenvalue weighted by atomic mass is 10.1. The van der Waals surface area contributed by atoms with Gasteiger partial charge in [-0.3, -0.25) is 9.59 Å². The number of benzene rings is 2. The first-order chi connectivity index (χ1) is 12.5. The van der Waals surface area contributed by atoms with Crippen LogP contribution in [0, 0.1) is 0 Å². The van der Waals surface area contributed by atoms with Crippen molar-refractivity contribution in [2.24, 2.45) is 0 Å². The van der Waals surface area contributed by atoms with E-state index in [1.54, 1.807) is 36.4 Å². The van der Waals surface area contributed by atoms with Crippen LogP contribution < -0.4 is 25.3 Å². The van der Waals surface area contributed by atoms with Gasteiger partial charge in [-0.25, -0.2) is 0 Å². The lowest BCUT2D eigenvalue weighted by Crippen LogP contribution is -2.23. The molecule has 0 saturated heterocycles. The molecule has 0 aromatic heterocycles. The molecule has 2 rings (SSSR count). The third-order valence-electron chi connectivity index (χ3n) is 3.58. The predicted molar refractivity (Wildman–Crippen MR) is 95.5 cm³/mol. The van der Waals surface area contributed by atoms with Crippen molar-refractivity contribution in [1.82, 2.24) is 0 Å². The molecule has 0 spiro atoms. The van der Waals surface area contributed by atoms with Crippen molar-refractivity contribution in [3.8, 4) is 17.2 Å². The maximum Gasteiger partial charge on any atom is 0.294 e. The summed E-state index contributed by atoms with van der Waals surface area (Å²) >= 11 is 0. The Morgan fingerprint density at radius 3 is 2.23 bits per heavy atom. The molecule has 2 aromatic rings. The van der Waals surface area contributed by atoms with Crippen LogP contribution in [0.4, 0.5) is 11.4 Å². The van der Waals surface area contributed by atoms with E-state index in [9.17, 15) is 9.59 Å². The molecule has 0 radical (unpaired) electrons. The maximum atomic E-state index is 12.6. The van der Waals surface area contributed by atoms with Gasteiger partial charge in [-0.05, 0) is 12.1 Å². The predicted octanol–water partition coefficient (Wildman–Crippen LogP) is 2.15. The Hall–Kier alpha value is -3.42. The van der Waals surface area contributed by atoms with Crippen LogP contribution in [0.1, 0.15) is 11.7 Å². The molecular formula is C18H20N2O6. The lowest BCUT2D eigenvalue weighted by Gasteiger charge is -2.18. The molecular weight excluding hydrogens is 340 g/mol. The van der Waals surface area contributed by atoms with E-state index in [1.165, 1.54) is 21.3 Å². The van der Waals surface area contributed by atoms with Gasteiger partial charge >= 0.3 is 0 Å². The van der Waals surface area contributed by atoms with Gasteiger partial charge in [0, 0.05) is 29.1 Å². The summed E-state index contributed by atoms with van der Waals surface area (Å²) in [6, 6.07) is 9.66. The number of hydrogen-bond donors (Lipinski definition) is 2. The van der Waals surface area contributed by atoms with Gasteiger partial charge in [-0.2, -0.15) is 0 Å². The Morgan fingerprint density at radius 2 is 1.73 bits per heavy atom. The molecule has 0 aliphatic heterocycles. The Morgan fingerprint density at radius 1 is 1.08 bits per heavy atom. The number of methoxy groups -OCH3 is 3. The number of nitrogens with two attached hydrogens (primary N) is 1. The molecule has 3 N–H and O–H groups in total. The Kier molecular flexibility index (Phi) is 6.26. The van der Waals surface area contributed by atoms with Crippen molar-refractivity contribution in [1.29, 1.82) is 0 Å². The van der Waals surface area contributed by atoms with Gasteiger partial charge in [0.2, 0.25) is 11.9 Å². The summed E-state index contributed by atoms with van der Waals surface area (Å²) in [6.45, 7) is 0.211. The standard InChI is InChI=1S/C18H20N2O6/c1-23-14-8-13(9-15(24-2)17(14)25-3)20-18(22)16(26-10-21)11-5-4-6-12(19)7-11/h4-10,16H,19H2,1-3H3,(H,20,22). The number of carbonyl (C=O) groups excluding carboxylic acids is 2. The molecule has 0 saturated carbocycles. The number of hydrogen-bond acceptors (Lipinski definition) is 7. The second-order valence-corrected chi connectivity index (χ2v) is 5.19. The zero-order chi connectivity index (χ0) is 19.1. The highest BCUT2D eigenvalue weighted by Crippen LogP contribution is 2.40. The summed E-state index contributed by atoms with van der Waals surface area (Å²) in [5.74, 6) is 0.583. The van der Waals surface area contributed by atoms with E-state index in [0.29, 0.717) is 34.2 Å². The summed E-state index contributed by atoms with van der Waals surface area (Å²) in [4.78, 5) is 23.4. The number of ether oxygens (including phenoxy) is 4. The number of nitrogen functional groups attached to an aromatic ring is 1. The van der Waals surface area contributed by atoms with E-state index >= 15 is 0 Å². The highest BCUT2D eigenvalue weighted by atomic mass is 16.5. The van der Waals surface area contributed by atoms with Gasteiger partial charge in [-0.1, -0.05) is 12.1 Å². The monoisotopic (exact) mass is 360 g/mol.